The minimum absolute atomic E-state index is 0.299. The predicted molar refractivity (Wildman–Crippen MR) is 86.3 cm³/mol. The molecule has 3 rings (SSSR count). The van der Waals surface area contributed by atoms with Crippen LogP contribution in [0.15, 0.2) is 47.0 Å². The van der Waals surface area contributed by atoms with Crippen LogP contribution in [0.5, 0.6) is 0 Å². The van der Waals surface area contributed by atoms with Gasteiger partial charge in [0.15, 0.2) is 0 Å². The molecule has 1 heterocycles. The van der Waals surface area contributed by atoms with Gasteiger partial charge in [-0.2, -0.15) is 0 Å². The first-order chi connectivity index (χ1) is 10.1. The summed E-state index contributed by atoms with van der Waals surface area (Å²) in [5, 5.41) is 4.78. The van der Waals surface area contributed by atoms with Gasteiger partial charge in [-0.25, -0.2) is 0 Å². The number of aromatic nitrogens is 1. The Hall–Kier alpha value is -2.26. The van der Waals surface area contributed by atoms with Crippen LogP contribution in [-0.4, -0.2) is 5.16 Å². The van der Waals surface area contributed by atoms with Crippen LogP contribution < -0.4 is 5.73 Å². The Bertz CT molecular complexity index is 808. The van der Waals surface area contributed by atoms with Gasteiger partial charge in [0.2, 0.25) is 5.88 Å². The van der Waals surface area contributed by atoms with Gasteiger partial charge >= 0.3 is 0 Å². The molecule has 3 nitrogen and oxygen atoms in total. The Labute approximate surface area is 128 Å². The first-order valence-electron chi connectivity index (χ1n) is 6.65. The molecule has 0 spiro atoms. The molecule has 106 valence electrons. The van der Waals surface area contributed by atoms with Crippen LogP contribution in [0.2, 0.25) is 5.02 Å². The van der Waals surface area contributed by atoms with Gasteiger partial charge in [0.1, 0.15) is 5.69 Å². The molecule has 0 aliphatic heterocycles. The van der Waals surface area contributed by atoms with E-state index in [0.717, 1.165) is 27.8 Å². The largest absolute Gasteiger partial charge is 0.367 e. The Morgan fingerprint density at radius 1 is 1.10 bits per heavy atom. The number of aryl methyl sites for hydroxylation is 2. The van der Waals surface area contributed by atoms with Crippen LogP contribution in [-0.2, 0) is 0 Å². The maximum atomic E-state index is 6.41. The van der Waals surface area contributed by atoms with E-state index >= 15 is 0 Å². The van der Waals surface area contributed by atoms with Crippen molar-refractivity contribution >= 4 is 17.5 Å². The second-order valence-corrected chi connectivity index (χ2v) is 5.45. The van der Waals surface area contributed by atoms with Gasteiger partial charge in [0, 0.05) is 5.56 Å². The number of hydrogen-bond donors (Lipinski definition) is 1. The molecule has 0 radical (unpaired) electrons. The van der Waals surface area contributed by atoms with Gasteiger partial charge in [-0.3, -0.25) is 0 Å². The summed E-state index contributed by atoms with van der Waals surface area (Å²) < 4.78 is 5.21. The fraction of sp³-hybridized carbons (Fsp3) is 0.118. The Kier molecular flexibility index (Phi) is 3.43. The third kappa shape index (κ3) is 2.41. The minimum atomic E-state index is 0.299. The van der Waals surface area contributed by atoms with Crippen molar-refractivity contribution in [3.05, 3.63) is 58.6 Å². The number of halogens is 1. The number of nitrogens with two attached hydrogens (primary N) is 1. The zero-order valence-electron chi connectivity index (χ0n) is 11.9. The van der Waals surface area contributed by atoms with Gasteiger partial charge < -0.3 is 10.3 Å². The van der Waals surface area contributed by atoms with E-state index in [9.17, 15) is 0 Å². The van der Waals surface area contributed by atoms with E-state index in [1.807, 2.05) is 50.2 Å². The number of rotatable bonds is 2. The van der Waals surface area contributed by atoms with Gasteiger partial charge in [-0.1, -0.05) is 64.8 Å². The third-order valence-electron chi connectivity index (χ3n) is 3.47. The summed E-state index contributed by atoms with van der Waals surface area (Å²) in [7, 11) is 0. The van der Waals surface area contributed by atoms with Crippen LogP contribution in [0.3, 0.4) is 0 Å². The highest BCUT2D eigenvalue weighted by Gasteiger charge is 2.19. The summed E-state index contributed by atoms with van der Waals surface area (Å²) in [6.07, 6.45) is 0. The van der Waals surface area contributed by atoms with Crippen molar-refractivity contribution in [2.75, 3.05) is 5.73 Å². The normalized spacial score (nSPS) is 10.8. The van der Waals surface area contributed by atoms with Gasteiger partial charge in [0.25, 0.3) is 0 Å². The molecule has 1 aromatic heterocycles. The average Bonchev–Trinajstić information content (AvgIpc) is 2.83. The highest BCUT2D eigenvalue weighted by Crippen LogP contribution is 2.39. The summed E-state index contributed by atoms with van der Waals surface area (Å²) in [6.45, 7) is 3.99. The smallest absolute Gasteiger partial charge is 0.230 e. The monoisotopic (exact) mass is 298 g/mol. The fourth-order valence-corrected chi connectivity index (χ4v) is 2.61. The highest BCUT2D eigenvalue weighted by molar-refractivity contribution is 6.34. The predicted octanol–water partition coefficient (Wildman–Crippen LogP) is 4.86. The Balaban J connectivity index is 2.24. The highest BCUT2D eigenvalue weighted by atomic mass is 35.5. The minimum Gasteiger partial charge on any atom is -0.367 e. The van der Waals surface area contributed by atoms with E-state index in [1.165, 1.54) is 0 Å². The van der Waals surface area contributed by atoms with Crippen molar-refractivity contribution in [3.63, 3.8) is 0 Å². The lowest BCUT2D eigenvalue weighted by molar-refractivity contribution is 0.439. The number of hydrogen-bond acceptors (Lipinski definition) is 3. The summed E-state index contributed by atoms with van der Waals surface area (Å²) in [6, 6.07) is 13.9. The van der Waals surface area contributed by atoms with Gasteiger partial charge in [-0.05, 0) is 25.0 Å². The summed E-state index contributed by atoms with van der Waals surface area (Å²) in [5.41, 5.74) is 11.4. The molecule has 0 saturated carbocycles. The lowest BCUT2D eigenvalue weighted by Crippen LogP contribution is -1.90. The number of nitrogens with zero attached hydrogens (tertiary/aromatic N) is 1. The van der Waals surface area contributed by atoms with E-state index in [4.69, 9.17) is 21.9 Å². The first-order valence-corrected chi connectivity index (χ1v) is 7.03. The summed E-state index contributed by atoms with van der Waals surface area (Å²) in [4.78, 5) is 0. The zero-order chi connectivity index (χ0) is 15.0. The maximum Gasteiger partial charge on any atom is 0.230 e. The lowest BCUT2D eigenvalue weighted by Gasteiger charge is -2.07. The molecular formula is C17H15ClN2O. The molecule has 0 amide bonds. The quantitative estimate of drug-likeness (QED) is 0.735. The van der Waals surface area contributed by atoms with Crippen LogP contribution in [0, 0.1) is 13.8 Å². The van der Waals surface area contributed by atoms with Crippen molar-refractivity contribution in [2.24, 2.45) is 0 Å². The standard InChI is InChI=1S/C17H15ClN2O/c1-10-5-3-7-12(9-10)14-16(20-21-17(14)19)13-8-4-6-11(2)15(13)18/h3-9H,19H2,1-2H3. The molecule has 21 heavy (non-hydrogen) atoms. The Morgan fingerprint density at radius 3 is 2.62 bits per heavy atom. The van der Waals surface area contributed by atoms with Crippen LogP contribution in [0.1, 0.15) is 11.1 Å². The van der Waals surface area contributed by atoms with Crippen molar-refractivity contribution < 1.29 is 4.52 Å². The molecular weight excluding hydrogens is 284 g/mol. The molecule has 4 heteroatoms. The van der Waals surface area contributed by atoms with E-state index in [0.29, 0.717) is 16.6 Å². The van der Waals surface area contributed by atoms with Crippen molar-refractivity contribution in [2.45, 2.75) is 13.8 Å². The molecule has 0 aliphatic rings. The van der Waals surface area contributed by atoms with E-state index in [2.05, 4.69) is 11.2 Å². The van der Waals surface area contributed by atoms with Crippen molar-refractivity contribution in [1.29, 1.82) is 0 Å². The number of nitrogen functional groups attached to an aromatic ring is 1. The second-order valence-electron chi connectivity index (χ2n) is 5.08. The molecule has 0 fully saturated rings. The molecule has 2 N–H and O–H groups in total. The fourth-order valence-electron chi connectivity index (χ4n) is 2.40. The first kappa shape index (κ1) is 13.7. The molecule has 3 aromatic rings. The van der Waals surface area contributed by atoms with Crippen LogP contribution in [0.4, 0.5) is 5.88 Å². The summed E-state index contributed by atoms with van der Waals surface area (Å²) >= 11 is 6.41. The molecule has 0 saturated heterocycles. The van der Waals surface area contributed by atoms with E-state index < -0.39 is 0 Å². The van der Waals surface area contributed by atoms with Gasteiger partial charge in [-0.15, -0.1) is 0 Å². The topological polar surface area (TPSA) is 52.0 Å². The van der Waals surface area contributed by atoms with E-state index in [-0.39, 0.29) is 0 Å². The van der Waals surface area contributed by atoms with Crippen molar-refractivity contribution in [1.82, 2.24) is 5.16 Å². The molecule has 0 bridgehead atoms. The SMILES string of the molecule is Cc1cccc(-c2c(-c3cccc(C)c3Cl)noc2N)c1. The van der Waals surface area contributed by atoms with Crippen LogP contribution >= 0.6 is 11.6 Å². The average molecular weight is 299 g/mol. The van der Waals surface area contributed by atoms with Crippen LogP contribution in [0.25, 0.3) is 22.4 Å². The van der Waals surface area contributed by atoms with E-state index in [1.54, 1.807) is 0 Å². The lowest BCUT2D eigenvalue weighted by atomic mass is 9.98. The molecule has 0 aliphatic carbocycles. The molecule has 2 aromatic carbocycles. The van der Waals surface area contributed by atoms with Gasteiger partial charge in [0.05, 0.1) is 10.6 Å². The Morgan fingerprint density at radius 2 is 1.86 bits per heavy atom. The zero-order valence-corrected chi connectivity index (χ0v) is 12.6. The second kappa shape index (κ2) is 5.26. The summed E-state index contributed by atoms with van der Waals surface area (Å²) in [5.74, 6) is 0.299. The third-order valence-corrected chi connectivity index (χ3v) is 3.97. The molecule has 0 unspecified atom stereocenters. The maximum absolute atomic E-state index is 6.41. The number of anilines is 1. The number of benzene rings is 2. The van der Waals surface area contributed by atoms with Crippen molar-refractivity contribution in [3.8, 4) is 22.4 Å². The molecule has 0 atom stereocenters.